The number of nitrogens with one attached hydrogen (secondary N) is 1. The Morgan fingerprint density at radius 3 is 2.53 bits per heavy atom. The van der Waals surface area contributed by atoms with Crippen molar-refractivity contribution < 1.29 is 27.4 Å². The van der Waals surface area contributed by atoms with E-state index >= 15 is 0 Å². The number of pyridine rings is 1. The standard InChI is InChI=1S/C24H18ClF3N2O4/c1-3-9-33-24(32)29-12-16-11-17(26)8-7-15(16)13-34-20-10-14(2)30(23(31)21(20)25)22-18(27)5-4-6-19(22)28/h1,4-8,10-11H,9,12-13H2,2H3,(H,29,32). The first kappa shape index (κ1) is 24.7. The molecule has 1 heterocycles. The number of carbonyl (C=O) groups excluding carboxylic acids is 1. The van der Waals surface area contributed by atoms with Crippen LogP contribution in [0.1, 0.15) is 16.8 Å². The van der Waals surface area contributed by atoms with E-state index in [9.17, 15) is 22.8 Å². The molecule has 0 spiro atoms. The van der Waals surface area contributed by atoms with Crippen molar-refractivity contribution in [3.05, 3.63) is 92.1 Å². The molecule has 0 saturated carbocycles. The number of aromatic nitrogens is 1. The molecule has 1 N–H and O–H groups in total. The van der Waals surface area contributed by atoms with Crippen molar-refractivity contribution in [1.29, 1.82) is 0 Å². The second kappa shape index (κ2) is 10.8. The molecule has 0 unspecified atom stereocenters. The van der Waals surface area contributed by atoms with Crippen molar-refractivity contribution in [3.8, 4) is 23.8 Å². The number of aryl methyl sites for hydroxylation is 1. The molecule has 6 nitrogen and oxygen atoms in total. The smallest absolute Gasteiger partial charge is 0.408 e. The molecule has 0 radical (unpaired) electrons. The number of benzene rings is 2. The Kier molecular flexibility index (Phi) is 7.87. The van der Waals surface area contributed by atoms with Crippen LogP contribution in [0.4, 0.5) is 18.0 Å². The van der Waals surface area contributed by atoms with E-state index < -0.39 is 39.8 Å². The minimum Gasteiger partial charge on any atom is -0.487 e. The number of ether oxygens (including phenoxy) is 2. The van der Waals surface area contributed by atoms with Crippen molar-refractivity contribution in [2.45, 2.75) is 20.1 Å². The summed E-state index contributed by atoms with van der Waals surface area (Å²) in [5, 5.41) is 2.04. The number of carbonyl (C=O) groups is 1. The zero-order valence-electron chi connectivity index (χ0n) is 17.8. The summed E-state index contributed by atoms with van der Waals surface area (Å²) in [6, 6.07) is 8.42. The van der Waals surface area contributed by atoms with E-state index in [4.69, 9.17) is 27.5 Å². The van der Waals surface area contributed by atoms with Crippen molar-refractivity contribution >= 4 is 17.7 Å². The van der Waals surface area contributed by atoms with Crippen LogP contribution in [-0.2, 0) is 17.9 Å². The fraction of sp³-hybridized carbons (Fsp3) is 0.167. The summed E-state index contributed by atoms with van der Waals surface area (Å²) in [6.07, 6.45) is 4.24. The van der Waals surface area contributed by atoms with Crippen molar-refractivity contribution in [1.82, 2.24) is 9.88 Å². The summed E-state index contributed by atoms with van der Waals surface area (Å²) in [7, 11) is 0. The van der Waals surface area contributed by atoms with Gasteiger partial charge in [0.15, 0.2) is 6.61 Å². The monoisotopic (exact) mass is 490 g/mol. The van der Waals surface area contributed by atoms with Crippen LogP contribution >= 0.6 is 11.6 Å². The highest BCUT2D eigenvalue weighted by Gasteiger charge is 2.19. The number of halogens is 4. The fourth-order valence-corrected chi connectivity index (χ4v) is 3.34. The highest BCUT2D eigenvalue weighted by Crippen LogP contribution is 2.27. The zero-order valence-corrected chi connectivity index (χ0v) is 18.6. The van der Waals surface area contributed by atoms with E-state index in [2.05, 4.69) is 11.2 Å². The lowest BCUT2D eigenvalue weighted by Crippen LogP contribution is -2.25. The molecular formula is C24H18ClF3N2O4. The number of hydrogen-bond donors (Lipinski definition) is 1. The molecule has 2 aromatic carbocycles. The van der Waals surface area contributed by atoms with Gasteiger partial charge in [0, 0.05) is 18.3 Å². The van der Waals surface area contributed by atoms with Gasteiger partial charge < -0.3 is 14.8 Å². The van der Waals surface area contributed by atoms with Gasteiger partial charge in [-0.2, -0.15) is 0 Å². The van der Waals surface area contributed by atoms with Gasteiger partial charge in [-0.3, -0.25) is 9.36 Å². The van der Waals surface area contributed by atoms with Gasteiger partial charge >= 0.3 is 6.09 Å². The summed E-state index contributed by atoms with van der Waals surface area (Å²) in [4.78, 5) is 24.4. The Morgan fingerprint density at radius 2 is 1.85 bits per heavy atom. The molecule has 176 valence electrons. The summed E-state index contributed by atoms with van der Waals surface area (Å²) in [6.45, 7) is 1.02. The number of alkyl carbamates (subject to hydrolysis) is 1. The van der Waals surface area contributed by atoms with Crippen molar-refractivity contribution in [2.24, 2.45) is 0 Å². The molecule has 0 bridgehead atoms. The Labute approximate surface area is 197 Å². The van der Waals surface area contributed by atoms with Gasteiger partial charge in [0.25, 0.3) is 5.56 Å². The number of amides is 1. The summed E-state index contributed by atoms with van der Waals surface area (Å²) < 4.78 is 53.4. The van der Waals surface area contributed by atoms with E-state index in [1.54, 1.807) is 0 Å². The van der Waals surface area contributed by atoms with Crippen LogP contribution in [0.2, 0.25) is 5.02 Å². The molecule has 10 heteroatoms. The van der Waals surface area contributed by atoms with Crippen LogP contribution in [-0.4, -0.2) is 17.3 Å². The van der Waals surface area contributed by atoms with Crippen LogP contribution in [0.15, 0.2) is 47.3 Å². The number of hydrogen-bond acceptors (Lipinski definition) is 4. The van der Waals surface area contributed by atoms with Crippen LogP contribution < -0.4 is 15.6 Å². The zero-order chi connectivity index (χ0) is 24.8. The molecule has 3 aromatic rings. The Morgan fingerprint density at radius 1 is 1.15 bits per heavy atom. The number of terminal acetylenes is 1. The molecule has 3 rings (SSSR count). The highest BCUT2D eigenvalue weighted by molar-refractivity contribution is 6.31. The molecule has 1 amide bonds. The van der Waals surface area contributed by atoms with Crippen molar-refractivity contribution in [2.75, 3.05) is 6.61 Å². The first-order valence-electron chi connectivity index (χ1n) is 9.83. The maximum absolute atomic E-state index is 14.2. The summed E-state index contributed by atoms with van der Waals surface area (Å²) >= 11 is 6.15. The number of rotatable bonds is 7. The molecule has 0 atom stereocenters. The largest absolute Gasteiger partial charge is 0.487 e. The third kappa shape index (κ3) is 5.53. The fourth-order valence-electron chi connectivity index (χ4n) is 3.15. The van der Waals surface area contributed by atoms with Gasteiger partial charge in [-0.05, 0) is 42.3 Å². The normalized spacial score (nSPS) is 10.5. The first-order valence-corrected chi connectivity index (χ1v) is 10.2. The van der Waals surface area contributed by atoms with Crippen LogP contribution in [0.5, 0.6) is 5.75 Å². The summed E-state index contributed by atoms with van der Waals surface area (Å²) in [5.41, 5.74) is -0.394. The van der Waals surface area contributed by atoms with Gasteiger partial charge in [0.2, 0.25) is 0 Å². The third-order valence-corrected chi connectivity index (χ3v) is 5.07. The molecule has 0 aliphatic heterocycles. The third-order valence-electron chi connectivity index (χ3n) is 4.72. The second-order valence-electron chi connectivity index (χ2n) is 7.01. The van der Waals surface area contributed by atoms with E-state index in [0.717, 1.165) is 16.7 Å². The maximum atomic E-state index is 14.2. The van der Waals surface area contributed by atoms with Gasteiger partial charge in [0.1, 0.15) is 40.5 Å². The molecule has 0 aliphatic carbocycles. The number of para-hydroxylation sites is 1. The summed E-state index contributed by atoms with van der Waals surface area (Å²) in [5.74, 6) is -0.291. The van der Waals surface area contributed by atoms with Crippen LogP contribution in [0.25, 0.3) is 5.69 Å². The lowest BCUT2D eigenvalue weighted by molar-refractivity contribution is 0.159. The molecular weight excluding hydrogens is 473 g/mol. The minimum absolute atomic E-state index is 0.0335. The minimum atomic E-state index is -0.931. The predicted octanol–water partition coefficient (Wildman–Crippen LogP) is 4.66. The number of nitrogens with zero attached hydrogens (tertiary/aromatic N) is 1. The molecule has 1 aromatic heterocycles. The maximum Gasteiger partial charge on any atom is 0.408 e. The lowest BCUT2D eigenvalue weighted by Gasteiger charge is -2.16. The second-order valence-corrected chi connectivity index (χ2v) is 7.39. The van der Waals surface area contributed by atoms with Crippen LogP contribution in [0, 0.1) is 36.7 Å². The van der Waals surface area contributed by atoms with Crippen molar-refractivity contribution in [3.63, 3.8) is 0 Å². The van der Waals surface area contributed by atoms with Gasteiger partial charge in [-0.25, -0.2) is 18.0 Å². The Bertz CT molecular complexity index is 1310. The molecule has 0 saturated heterocycles. The Balaban J connectivity index is 1.85. The van der Waals surface area contributed by atoms with Gasteiger partial charge in [-0.1, -0.05) is 29.7 Å². The Hall–Kier alpha value is -3.90. The average molecular weight is 491 g/mol. The van der Waals surface area contributed by atoms with Gasteiger partial charge in [0.05, 0.1) is 0 Å². The molecule has 0 aliphatic rings. The highest BCUT2D eigenvalue weighted by atomic mass is 35.5. The quantitative estimate of drug-likeness (QED) is 0.489. The SMILES string of the molecule is C#CCOC(=O)NCc1cc(F)ccc1COc1cc(C)n(-c2c(F)cccc2F)c(=O)c1Cl. The van der Waals surface area contributed by atoms with E-state index in [0.29, 0.717) is 11.1 Å². The van der Waals surface area contributed by atoms with Gasteiger partial charge in [-0.15, -0.1) is 6.42 Å². The topological polar surface area (TPSA) is 69.6 Å². The average Bonchev–Trinajstić information content (AvgIpc) is 2.80. The lowest BCUT2D eigenvalue weighted by atomic mass is 10.1. The van der Waals surface area contributed by atoms with E-state index in [-0.39, 0.29) is 31.2 Å². The molecule has 34 heavy (non-hydrogen) atoms. The van der Waals surface area contributed by atoms with E-state index in [1.165, 1.54) is 37.3 Å². The van der Waals surface area contributed by atoms with E-state index in [1.807, 2.05) is 0 Å². The first-order chi connectivity index (χ1) is 16.2. The molecule has 0 fully saturated rings. The van der Waals surface area contributed by atoms with Crippen LogP contribution in [0.3, 0.4) is 0 Å². The predicted molar refractivity (Wildman–Crippen MR) is 119 cm³/mol.